The molecule has 15 heavy (non-hydrogen) atoms. The molecule has 0 aliphatic carbocycles. The molecule has 1 heterocycles. The second-order valence-corrected chi connectivity index (χ2v) is 4.60. The van der Waals surface area contributed by atoms with Crippen LogP contribution >= 0.6 is 0 Å². The van der Waals surface area contributed by atoms with Crippen molar-refractivity contribution in [2.45, 2.75) is 53.4 Å². The van der Waals surface area contributed by atoms with Gasteiger partial charge in [-0.25, -0.2) is 9.78 Å². The molecular weight excluding hydrogens is 188 g/mol. The van der Waals surface area contributed by atoms with Gasteiger partial charge in [-0.15, -0.1) is 0 Å². The molecule has 0 aromatic rings. The molecule has 1 aliphatic heterocycles. The van der Waals surface area contributed by atoms with Crippen molar-refractivity contribution < 1.29 is 9.78 Å². The van der Waals surface area contributed by atoms with Crippen molar-refractivity contribution in [3.05, 3.63) is 11.6 Å². The van der Waals surface area contributed by atoms with Gasteiger partial charge in [-0.1, -0.05) is 25.5 Å². The standard InChI is InChI=1S/C9H18.C4H8O2/c1-8(2)6-5-7-9(3)4;1-2-4-6-5-3-1/h6,9H,5,7H2,1-4H3;1-4H2. The van der Waals surface area contributed by atoms with Crippen molar-refractivity contribution in [1.29, 1.82) is 0 Å². The SMILES string of the molecule is C1CCOOC1.CC(C)=CCCC(C)C. The van der Waals surface area contributed by atoms with Gasteiger partial charge in [0.1, 0.15) is 0 Å². The third-order valence-corrected chi connectivity index (χ3v) is 2.09. The molecule has 0 spiro atoms. The lowest BCUT2D eigenvalue weighted by molar-refractivity contribution is -0.312. The van der Waals surface area contributed by atoms with Crippen molar-refractivity contribution in [3.63, 3.8) is 0 Å². The molecule has 0 bridgehead atoms. The Morgan fingerprint density at radius 2 is 1.67 bits per heavy atom. The first-order chi connectivity index (χ1) is 7.13. The topological polar surface area (TPSA) is 18.5 Å². The maximum Gasteiger partial charge on any atom is 0.0823 e. The quantitative estimate of drug-likeness (QED) is 0.520. The van der Waals surface area contributed by atoms with Gasteiger partial charge in [0, 0.05) is 0 Å². The van der Waals surface area contributed by atoms with Gasteiger partial charge in [-0.2, -0.15) is 0 Å². The van der Waals surface area contributed by atoms with E-state index in [9.17, 15) is 0 Å². The van der Waals surface area contributed by atoms with Crippen molar-refractivity contribution in [2.75, 3.05) is 13.2 Å². The Balaban J connectivity index is 0.000000280. The van der Waals surface area contributed by atoms with Gasteiger partial charge in [0.25, 0.3) is 0 Å². The van der Waals surface area contributed by atoms with Crippen LogP contribution in [0.3, 0.4) is 0 Å². The summed E-state index contributed by atoms with van der Waals surface area (Å²) in [5.74, 6) is 0.848. The highest BCUT2D eigenvalue weighted by atomic mass is 17.2. The van der Waals surface area contributed by atoms with E-state index in [1.54, 1.807) is 0 Å². The summed E-state index contributed by atoms with van der Waals surface area (Å²) in [5, 5.41) is 0. The number of allylic oxidation sites excluding steroid dienone is 2. The van der Waals surface area contributed by atoms with Gasteiger partial charge in [-0.3, -0.25) is 0 Å². The molecule has 0 aromatic carbocycles. The van der Waals surface area contributed by atoms with Crippen LogP contribution in [0.4, 0.5) is 0 Å². The average molecular weight is 214 g/mol. The summed E-state index contributed by atoms with van der Waals surface area (Å²) in [6, 6.07) is 0. The van der Waals surface area contributed by atoms with Crippen LogP contribution in [0.15, 0.2) is 11.6 Å². The molecule has 1 saturated heterocycles. The fourth-order valence-electron chi connectivity index (χ4n) is 1.15. The van der Waals surface area contributed by atoms with Gasteiger partial charge in [-0.05, 0) is 45.4 Å². The Kier molecular flexibility index (Phi) is 9.96. The molecule has 0 saturated carbocycles. The molecule has 0 aromatic heterocycles. The molecule has 2 heteroatoms. The van der Waals surface area contributed by atoms with Crippen molar-refractivity contribution in [2.24, 2.45) is 5.92 Å². The zero-order chi connectivity index (χ0) is 11.5. The Morgan fingerprint density at radius 3 is 1.93 bits per heavy atom. The largest absolute Gasteiger partial charge is 0.237 e. The normalized spacial score (nSPS) is 15.5. The zero-order valence-corrected chi connectivity index (χ0v) is 10.7. The molecule has 1 aliphatic rings. The second-order valence-electron chi connectivity index (χ2n) is 4.60. The fraction of sp³-hybridized carbons (Fsp3) is 0.846. The summed E-state index contributed by atoms with van der Waals surface area (Å²) in [5.41, 5.74) is 1.44. The van der Waals surface area contributed by atoms with E-state index < -0.39 is 0 Å². The third-order valence-electron chi connectivity index (χ3n) is 2.09. The highest BCUT2D eigenvalue weighted by Crippen LogP contribution is 2.05. The monoisotopic (exact) mass is 214 g/mol. The minimum absolute atomic E-state index is 0.778. The molecule has 0 atom stereocenters. The van der Waals surface area contributed by atoms with E-state index >= 15 is 0 Å². The van der Waals surface area contributed by atoms with Crippen LogP contribution in [-0.4, -0.2) is 13.2 Å². The van der Waals surface area contributed by atoms with E-state index in [1.807, 2.05) is 0 Å². The molecule has 0 N–H and O–H groups in total. The lowest BCUT2D eigenvalue weighted by Crippen LogP contribution is -2.05. The summed E-state index contributed by atoms with van der Waals surface area (Å²) in [7, 11) is 0. The van der Waals surface area contributed by atoms with E-state index in [4.69, 9.17) is 0 Å². The van der Waals surface area contributed by atoms with Gasteiger partial charge in [0.2, 0.25) is 0 Å². The maximum atomic E-state index is 4.57. The van der Waals surface area contributed by atoms with Gasteiger partial charge >= 0.3 is 0 Å². The van der Waals surface area contributed by atoms with E-state index in [0.29, 0.717) is 0 Å². The minimum atomic E-state index is 0.778. The highest BCUT2D eigenvalue weighted by molar-refractivity contribution is 4.92. The summed E-state index contributed by atoms with van der Waals surface area (Å²) in [6.07, 6.45) is 7.19. The van der Waals surface area contributed by atoms with E-state index in [0.717, 1.165) is 32.0 Å². The summed E-state index contributed by atoms with van der Waals surface area (Å²) in [4.78, 5) is 9.14. The van der Waals surface area contributed by atoms with Crippen LogP contribution in [0.25, 0.3) is 0 Å². The number of rotatable bonds is 3. The van der Waals surface area contributed by atoms with E-state index in [-0.39, 0.29) is 0 Å². The average Bonchev–Trinajstić information content (AvgIpc) is 2.20. The molecule has 0 amide bonds. The van der Waals surface area contributed by atoms with Crippen LogP contribution in [0.2, 0.25) is 0 Å². The first-order valence-electron chi connectivity index (χ1n) is 6.00. The van der Waals surface area contributed by atoms with Crippen molar-refractivity contribution >= 4 is 0 Å². The number of hydrogen-bond acceptors (Lipinski definition) is 2. The lowest BCUT2D eigenvalue weighted by Gasteiger charge is -2.07. The Morgan fingerprint density at radius 1 is 1.13 bits per heavy atom. The fourth-order valence-corrected chi connectivity index (χ4v) is 1.15. The van der Waals surface area contributed by atoms with Crippen LogP contribution in [0.5, 0.6) is 0 Å². The summed E-state index contributed by atoms with van der Waals surface area (Å²) in [6.45, 7) is 10.4. The zero-order valence-electron chi connectivity index (χ0n) is 10.7. The van der Waals surface area contributed by atoms with Gasteiger partial charge in [0.05, 0.1) is 13.2 Å². The van der Waals surface area contributed by atoms with E-state index in [1.165, 1.54) is 18.4 Å². The molecule has 1 fully saturated rings. The first kappa shape index (κ1) is 14.7. The molecule has 1 rings (SSSR count). The second kappa shape index (κ2) is 10.2. The number of hydrogen-bond donors (Lipinski definition) is 0. The third kappa shape index (κ3) is 13.7. The lowest BCUT2D eigenvalue weighted by atomic mass is 10.1. The molecule has 0 radical (unpaired) electrons. The Hall–Kier alpha value is -0.340. The molecular formula is C13H26O2. The molecule has 2 nitrogen and oxygen atoms in total. The highest BCUT2D eigenvalue weighted by Gasteiger charge is 1.95. The summed E-state index contributed by atoms with van der Waals surface area (Å²) >= 11 is 0. The first-order valence-corrected chi connectivity index (χ1v) is 6.00. The Labute approximate surface area is 94.6 Å². The van der Waals surface area contributed by atoms with Crippen LogP contribution in [0, 0.1) is 5.92 Å². The molecule has 0 unspecified atom stereocenters. The Bertz CT molecular complexity index is 142. The van der Waals surface area contributed by atoms with Crippen molar-refractivity contribution in [1.82, 2.24) is 0 Å². The minimum Gasteiger partial charge on any atom is -0.237 e. The van der Waals surface area contributed by atoms with Crippen LogP contribution in [-0.2, 0) is 9.78 Å². The van der Waals surface area contributed by atoms with Crippen LogP contribution < -0.4 is 0 Å². The van der Waals surface area contributed by atoms with Gasteiger partial charge < -0.3 is 0 Å². The predicted molar refractivity (Wildman–Crippen MR) is 64.6 cm³/mol. The summed E-state index contributed by atoms with van der Waals surface area (Å²) < 4.78 is 0. The molecule has 90 valence electrons. The smallest absolute Gasteiger partial charge is 0.0823 e. The van der Waals surface area contributed by atoms with Crippen molar-refractivity contribution in [3.8, 4) is 0 Å². The van der Waals surface area contributed by atoms with E-state index in [2.05, 4.69) is 43.5 Å². The van der Waals surface area contributed by atoms with Crippen LogP contribution in [0.1, 0.15) is 53.4 Å². The van der Waals surface area contributed by atoms with Gasteiger partial charge in [0.15, 0.2) is 0 Å². The maximum absolute atomic E-state index is 4.57. The predicted octanol–water partition coefficient (Wildman–Crippen LogP) is 4.12.